The minimum absolute atomic E-state index is 0.0989. The van der Waals surface area contributed by atoms with Crippen LogP contribution in [0.15, 0.2) is 41.0 Å². The van der Waals surface area contributed by atoms with Crippen LogP contribution < -0.4 is 15.2 Å². The van der Waals surface area contributed by atoms with Crippen LogP contribution in [-0.4, -0.2) is 11.3 Å². The molecule has 0 saturated heterocycles. The van der Waals surface area contributed by atoms with Gasteiger partial charge in [0.1, 0.15) is 11.5 Å². The van der Waals surface area contributed by atoms with E-state index in [1.807, 2.05) is 0 Å². The van der Waals surface area contributed by atoms with Crippen LogP contribution in [0.4, 0.5) is 18.9 Å². The van der Waals surface area contributed by atoms with Crippen molar-refractivity contribution >= 4 is 21.6 Å². The molecule has 0 unspecified atom stereocenters. The van der Waals surface area contributed by atoms with Crippen molar-refractivity contribution < 1.29 is 22.6 Å². The minimum Gasteiger partial charge on any atom is -0.437 e. The van der Waals surface area contributed by atoms with Gasteiger partial charge >= 0.3 is 6.36 Å². The summed E-state index contributed by atoms with van der Waals surface area (Å²) in [5.41, 5.74) is 5.97. The van der Waals surface area contributed by atoms with Crippen molar-refractivity contribution in [2.24, 2.45) is 0 Å². The third kappa shape index (κ3) is 3.77. The minimum atomic E-state index is -4.75. The summed E-state index contributed by atoms with van der Waals surface area (Å²) >= 11 is 2.98. The lowest BCUT2D eigenvalue weighted by Crippen LogP contribution is -2.17. The molecule has 1 aromatic carbocycles. The van der Waals surface area contributed by atoms with Gasteiger partial charge in [-0.3, -0.25) is 0 Å². The molecule has 1 heterocycles. The standard InChI is InChI=1S/C12H8BrF3N2O2/c13-8-6-7(3-4-10(8)20-12(14,15)16)19-11-9(17)2-1-5-18-11/h1-6H,17H2. The Morgan fingerprint density at radius 3 is 2.55 bits per heavy atom. The van der Waals surface area contributed by atoms with Gasteiger partial charge in [0.25, 0.3) is 0 Å². The molecule has 4 nitrogen and oxygen atoms in total. The highest BCUT2D eigenvalue weighted by molar-refractivity contribution is 9.10. The Balaban J connectivity index is 2.19. The van der Waals surface area contributed by atoms with Crippen molar-refractivity contribution in [3.8, 4) is 17.4 Å². The first kappa shape index (κ1) is 14.4. The van der Waals surface area contributed by atoms with Gasteiger partial charge in [-0.05, 0) is 46.3 Å². The van der Waals surface area contributed by atoms with Gasteiger partial charge < -0.3 is 15.2 Å². The molecule has 8 heteroatoms. The van der Waals surface area contributed by atoms with Crippen molar-refractivity contribution in [3.63, 3.8) is 0 Å². The summed E-state index contributed by atoms with van der Waals surface area (Å²) in [5.74, 6) is 0.0829. The van der Waals surface area contributed by atoms with Gasteiger partial charge in [0.15, 0.2) is 0 Å². The molecule has 2 rings (SSSR count). The van der Waals surface area contributed by atoms with E-state index < -0.39 is 6.36 Å². The molecule has 0 saturated carbocycles. The fourth-order valence-corrected chi connectivity index (χ4v) is 1.79. The number of hydrogen-bond acceptors (Lipinski definition) is 4. The number of halogens is 4. The van der Waals surface area contributed by atoms with E-state index in [4.69, 9.17) is 10.5 Å². The van der Waals surface area contributed by atoms with Gasteiger partial charge in [0.05, 0.1) is 10.2 Å². The zero-order chi connectivity index (χ0) is 14.8. The molecule has 0 fully saturated rings. The van der Waals surface area contributed by atoms with E-state index in [0.717, 1.165) is 6.07 Å². The molecule has 2 N–H and O–H groups in total. The van der Waals surface area contributed by atoms with Crippen LogP contribution in [0.3, 0.4) is 0 Å². The molecule has 1 aromatic heterocycles. The third-order valence-electron chi connectivity index (χ3n) is 2.14. The lowest BCUT2D eigenvalue weighted by atomic mass is 10.3. The highest BCUT2D eigenvalue weighted by Crippen LogP contribution is 2.35. The van der Waals surface area contributed by atoms with Crippen molar-refractivity contribution in [3.05, 3.63) is 41.0 Å². The van der Waals surface area contributed by atoms with Gasteiger partial charge in [0, 0.05) is 6.20 Å². The molecule has 0 aliphatic carbocycles. The molecule has 0 atom stereocenters. The molecule has 0 aliphatic heterocycles. The van der Waals surface area contributed by atoms with Crippen LogP contribution in [-0.2, 0) is 0 Å². The van der Waals surface area contributed by atoms with Crippen LogP contribution in [0.25, 0.3) is 0 Å². The number of nitrogen functional groups attached to an aromatic ring is 1. The first-order valence-corrected chi connectivity index (χ1v) is 6.08. The first-order valence-electron chi connectivity index (χ1n) is 5.29. The molecular weight excluding hydrogens is 341 g/mol. The molecule has 0 bridgehead atoms. The number of ether oxygens (including phenoxy) is 2. The van der Waals surface area contributed by atoms with Crippen molar-refractivity contribution in [1.29, 1.82) is 0 Å². The van der Waals surface area contributed by atoms with Crippen LogP contribution in [0.5, 0.6) is 17.4 Å². The highest BCUT2D eigenvalue weighted by Gasteiger charge is 2.32. The molecule has 0 amide bonds. The molecule has 0 aliphatic rings. The lowest BCUT2D eigenvalue weighted by molar-refractivity contribution is -0.274. The number of rotatable bonds is 3. The van der Waals surface area contributed by atoms with Crippen molar-refractivity contribution in [2.45, 2.75) is 6.36 Å². The van der Waals surface area contributed by atoms with Gasteiger partial charge in [-0.15, -0.1) is 13.2 Å². The molecular formula is C12H8BrF3N2O2. The summed E-state index contributed by atoms with van der Waals surface area (Å²) in [6.07, 6.45) is -3.27. The van der Waals surface area contributed by atoms with Crippen LogP contribution >= 0.6 is 15.9 Å². The second-order valence-electron chi connectivity index (χ2n) is 3.64. The Morgan fingerprint density at radius 2 is 1.95 bits per heavy atom. The smallest absolute Gasteiger partial charge is 0.437 e. The van der Waals surface area contributed by atoms with Gasteiger partial charge in [-0.1, -0.05) is 0 Å². The summed E-state index contributed by atoms with van der Waals surface area (Å²) in [4.78, 5) is 3.91. The summed E-state index contributed by atoms with van der Waals surface area (Å²) in [6.45, 7) is 0. The van der Waals surface area contributed by atoms with Crippen LogP contribution in [0.1, 0.15) is 0 Å². The van der Waals surface area contributed by atoms with Crippen molar-refractivity contribution in [1.82, 2.24) is 4.98 Å². The number of hydrogen-bond donors (Lipinski definition) is 1. The number of pyridine rings is 1. The Labute approximate surface area is 120 Å². The summed E-state index contributed by atoms with van der Waals surface area (Å²) < 4.78 is 45.7. The normalized spacial score (nSPS) is 11.2. The molecule has 0 radical (unpaired) electrons. The molecule has 2 aromatic rings. The number of nitrogens with zero attached hydrogens (tertiary/aromatic N) is 1. The number of alkyl halides is 3. The fourth-order valence-electron chi connectivity index (χ4n) is 1.35. The third-order valence-corrected chi connectivity index (χ3v) is 2.76. The summed E-state index contributed by atoms with van der Waals surface area (Å²) in [7, 11) is 0. The maximum Gasteiger partial charge on any atom is 0.573 e. The van der Waals surface area contributed by atoms with E-state index in [0.29, 0.717) is 5.69 Å². The summed E-state index contributed by atoms with van der Waals surface area (Å²) in [6, 6.07) is 7.01. The van der Waals surface area contributed by atoms with Gasteiger partial charge in [-0.2, -0.15) is 0 Å². The monoisotopic (exact) mass is 348 g/mol. The van der Waals surface area contributed by atoms with E-state index in [1.54, 1.807) is 12.1 Å². The van der Waals surface area contributed by atoms with Crippen LogP contribution in [0.2, 0.25) is 0 Å². The summed E-state index contributed by atoms with van der Waals surface area (Å²) in [5, 5.41) is 0. The predicted molar refractivity (Wildman–Crippen MR) is 69.5 cm³/mol. The zero-order valence-corrected chi connectivity index (χ0v) is 11.4. The zero-order valence-electron chi connectivity index (χ0n) is 9.82. The topological polar surface area (TPSA) is 57.4 Å². The number of nitrogens with two attached hydrogens (primary N) is 1. The van der Waals surface area contributed by atoms with E-state index >= 15 is 0 Å². The Morgan fingerprint density at radius 1 is 1.20 bits per heavy atom. The molecule has 106 valence electrons. The highest BCUT2D eigenvalue weighted by atomic mass is 79.9. The average Bonchev–Trinajstić information content (AvgIpc) is 2.34. The number of benzene rings is 1. The maximum atomic E-state index is 12.1. The first-order chi connectivity index (χ1) is 9.35. The fraction of sp³-hybridized carbons (Fsp3) is 0.0833. The van der Waals surface area contributed by atoms with Crippen LogP contribution in [0, 0.1) is 0 Å². The Kier molecular flexibility index (Phi) is 4.03. The maximum absolute atomic E-state index is 12.1. The predicted octanol–water partition coefficient (Wildman–Crippen LogP) is 4.12. The lowest BCUT2D eigenvalue weighted by Gasteiger charge is -2.12. The largest absolute Gasteiger partial charge is 0.573 e. The van der Waals surface area contributed by atoms with Gasteiger partial charge in [0.2, 0.25) is 5.88 Å². The SMILES string of the molecule is Nc1cccnc1Oc1ccc(OC(F)(F)F)c(Br)c1. The second kappa shape index (κ2) is 5.58. The van der Waals surface area contributed by atoms with Gasteiger partial charge in [-0.25, -0.2) is 4.98 Å². The Bertz CT molecular complexity index is 620. The van der Waals surface area contributed by atoms with E-state index in [1.165, 1.54) is 18.3 Å². The van der Waals surface area contributed by atoms with E-state index in [9.17, 15) is 13.2 Å². The quantitative estimate of drug-likeness (QED) is 0.906. The second-order valence-corrected chi connectivity index (χ2v) is 4.49. The number of aromatic nitrogens is 1. The molecule has 0 spiro atoms. The Hall–Kier alpha value is -1.96. The van der Waals surface area contributed by atoms with Crippen molar-refractivity contribution in [2.75, 3.05) is 5.73 Å². The average molecular weight is 349 g/mol. The molecule has 20 heavy (non-hydrogen) atoms. The van der Waals surface area contributed by atoms with E-state index in [2.05, 4.69) is 25.7 Å². The number of anilines is 1. The van der Waals surface area contributed by atoms with E-state index in [-0.39, 0.29) is 21.9 Å².